The summed E-state index contributed by atoms with van der Waals surface area (Å²) in [5, 5.41) is 0. The molecule has 0 N–H and O–H groups in total. The molecule has 3 rings (SSSR count). The Morgan fingerprint density at radius 3 is 2.50 bits per heavy atom. The van der Waals surface area contributed by atoms with Crippen LogP contribution in [0.1, 0.15) is 39.6 Å². The van der Waals surface area contributed by atoms with Crippen molar-refractivity contribution in [2.45, 2.75) is 25.9 Å². The fraction of sp³-hybridized carbons (Fsp3) is 0.238. The molecule has 0 aliphatic carbocycles. The standard InChI is InChI=1S/C21H18FNO5/c1-13(20(26)14-6-8-16(22)9-7-14)28-19(25)10-11-23-18(24)12-15-4-2-3-5-17(15)21(23)27/h2-9,13H,10-12H2,1H3/t13-/m1/s1. The van der Waals surface area contributed by atoms with Crippen molar-refractivity contribution in [3.63, 3.8) is 0 Å². The first-order valence-corrected chi connectivity index (χ1v) is 8.78. The van der Waals surface area contributed by atoms with Crippen LogP contribution in [-0.4, -0.2) is 41.1 Å². The summed E-state index contributed by atoms with van der Waals surface area (Å²) in [6.45, 7) is 1.29. The number of halogens is 1. The van der Waals surface area contributed by atoms with Gasteiger partial charge in [0.05, 0.1) is 12.8 Å². The molecule has 1 atom stereocenters. The molecule has 0 spiro atoms. The highest BCUT2D eigenvalue weighted by molar-refractivity contribution is 6.09. The van der Waals surface area contributed by atoms with Gasteiger partial charge in [-0.1, -0.05) is 18.2 Å². The van der Waals surface area contributed by atoms with Crippen molar-refractivity contribution in [2.24, 2.45) is 0 Å². The summed E-state index contributed by atoms with van der Waals surface area (Å²) >= 11 is 0. The zero-order valence-electron chi connectivity index (χ0n) is 15.2. The third kappa shape index (κ3) is 4.14. The van der Waals surface area contributed by atoms with E-state index in [9.17, 15) is 23.6 Å². The number of carbonyl (C=O) groups is 4. The van der Waals surface area contributed by atoms with Crippen LogP contribution in [0.5, 0.6) is 0 Å². The molecule has 6 nitrogen and oxygen atoms in total. The molecule has 1 aliphatic heterocycles. The van der Waals surface area contributed by atoms with E-state index in [1.165, 1.54) is 19.1 Å². The van der Waals surface area contributed by atoms with Gasteiger partial charge in [0.25, 0.3) is 5.91 Å². The van der Waals surface area contributed by atoms with Gasteiger partial charge >= 0.3 is 5.97 Å². The van der Waals surface area contributed by atoms with Crippen LogP contribution in [0.15, 0.2) is 48.5 Å². The molecule has 1 aliphatic rings. The molecule has 0 aromatic heterocycles. The maximum atomic E-state index is 12.9. The second-order valence-corrected chi connectivity index (χ2v) is 6.44. The molecule has 7 heteroatoms. The molecule has 0 saturated heterocycles. The average Bonchev–Trinajstić information content (AvgIpc) is 2.67. The number of nitrogens with zero attached hydrogens (tertiary/aromatic N) is 1. The zero-order valence-corrected chi connectivity index (χ0v) is 15.2. The summed E-state index contributed by atoms with van der Waals surface area (Å²) < 4.78 is 18.0. The first-order valence-electron chi connectivity index (χ1n) is 8.78. The first kappa shape index (κ1) is 19.4. The normalized spacial score (nSPS) is 14.4. The lowest BCUT2D eigenvalue weighted by molar-refractivity contribution is -0.146. The second kappa shape index (κ2) is 8.12. The van der Waals surface area contributed by atoms with Crippen molar-refractivity contribution < 1.29 is 28.3 Å². The second-order valence-electron chi connectivity index (χ2n) is 6.44. The van der Waals surface area contributed by atoms with Crippen molar-refractivity contribution in [2.75, 3.05) is 6.54 Å². The summed E-state index contributed by atoms with van der Waals surface area (Å²) in [6, 6.07) is 11.7. The molecule has 28 heavy (non-hydrogen) atoms. The van der Waals surface area contributed by atoms with Gasteiger partial charge in [-0.15, -0.1) is 0 Å². The minimum absolute atomic E-state index is 0.0937. The van der Waals surface area contributed by atoms with Crippen LogP contribution >= 0.6 is 0 Å². The third-order valence-electron chi connectivity index (χ3n) is 4.48. The predicted molar refractivity (Wildman–Crippen MR) is 97.1 cm³/mol. The number of ether oxygens (including phenoxy) is 1. The van der Waals surface area contributed by atoms with Gasteiger partial charge in [-0.25, -0.2) is 4.39 Å². The van der Waals surface area contributed by atoms with Crippen molar-refractivity contribution in [3.05, 3.63) is 71.0 Å². The maximum Gasteiger partial charge on any atom is 0.308 e. The molecule has 2 aromatic rings. The Hall–Kier alpha value is -3.35. The topological polar surface area (TPSA) is 80.8 Å². The zero-order chi connectivity index (χ0) is 20.3. The number of imide groups is 1. The van der Waals surface area contributed by atoms with Crippen LogP contribution in [0.2, 0.25) is 0 Å². The summed E-state index contributed by atoms with van der Waals surface area (Å²) in [6.07, 6.45) is -1.19. The highest BCUT2D eigenvalue weighted by atomic mass is 19.1. The minimum atomic E-state index is -1.06. The van der Waals surface area contributed by atoms with E-state index in [0.717, 1.165) is 17.0 Å². The van der Waals surface area contributed by atoms with E-state index in [0.29, 0.717) is 11.1 Å². The van der Waals surface area contributed by atoms with E-state index < -0.39 is 29.6 Å². The lowest BCUT2D eigenvalue weighted by Gasteiger charge is -2.26. The van der Waals surface area contributed by atoms with Gasteiger partial charge < -0.3 is 4.74 Å². The van der Waals surface area contributed by atoms with E-state index >= 15 is 0 Å². The van der Waals surface area contributed by atoms with E-state index in [4.69, 9.17) is 4.74 Å². The number of hydrogen-bond acceptors (Lipinski definition) is 5. The van der Waals surface area contributed by atoms with E-state index in [-0.39, 0.29) is 30.9 Å². The Kier molecular flexibility index (Phi) is 5.63. The SMILES string of the molecule is C[C@@H](OC(=O)CCN1C(=O)Cc2ccccc2C1=O)C(=O)c1ccc(F)cc1. The third-order valence-corrected chi connectivity index (χ3v) is 4.48. The number of benzene rings is 2. The van der Waals surface area contributed by atoms with Crippen LogP contribution in [0.25, 0.3) is 0 Å². The monoisotopic (exact) mass is 383 g/mol. The molecule has 0 bridgehead atoms. The number of fused-ring (bicyclic) bond motifs is 1. The van der Waals surface area contributed by atoms with Crippen molar-refractivity contribution in [3.8, 4) is 0 Å². The van der Waals surface area contributed by atoms with E-state index in [2.05, 4.69) is 0 Å². The Balaban J connectivity index is 1.57. The lowest BCUT2D eigenvalue weighted by Crippen LogP contribution is -2.43. The van der Waals surface area contributed by atoms with Crippen LogP contribution < -0.4 is 0 Å². The molecule has 0 unspecified atom stereocenters. The Morgan fingerprint density at radius 1 is 1.11 bits per heavy atom. The summed E-state index contributed by atoms with van der Waals surface area (Å²) in [5.74, 6) is -2.48. The molecule has 0 radical (unpaired) electrons. The van der Waals surface area contributed by atoms with Crippen molar-refractivity contribution in [1.82, 2.24) is 4.90 Å². The minimum Gasteiger partial charge on any atom is -0.454 e. The van der Waals surface area contributed by atoms with Crippen LogP contribution in [0, 0.1) is 5.82 Å². The van der Waals surface area contributed by atoms with Gasteiger partial charge in [0.2, 0.25) is 11.7 Å². The number of Topliss-reactive ketones (excluding diaryl/α,β-unsaturated/α-hetero) is 1. The Bertz CT molecular complexity index is 938. The number of hydrogen-bond donors (Lipinski definition) is 0. The van der Waals surface area contributed by atoms with Gasteiger partial charge in [-0.05, 0) is 42.8 Å². The molecule has 2 aromatic carbocycles. The van der Waals surface area contributed by atoms with E-state index in [1.807, 2.05) is 0 Å². The van der Waals surface area contributed by atoms with Crippen LogP contribution in [0.3, 0.4) is 0 Å². The number of ketones is 1. The number of esters is 1. The van der Waals surface area contributed by atoms with Crippen LogP contribution in [0.4, 0.5) is 4.39 Å². The largest absolute Gasteiger partial charge is 0.454 e. The number of rotatable bonds is 6. The predicted octanol–water partition coefficient (Wildman–Crippen LogP) is 2.56. The first-order chi connectivity index (χ1) is 13.4. The fourth-order valence-electron chi connectivity index (χ4n) is 2.99. The number of carbonyl (C=O) groups excluding carboxylic acids is 4. The highest BCUT2D eigenvalue weighted by Gasteiger charge is 2.31. The fourth-order valence-corrected chi connectivity index (χ4v) is 2.99. The Labute approximate surface area is 160 Å². The highest BCUT2D eigenvalue weighted by Crippen LogP contribution is 2.20. The molecule has 0 fully saturated rings. The average molecular weight is 383 g/mol. The molecule has 1 heterocycles. The quantitative estimate of drug-likeness (QED) is 0.435. The molecular weight excluding hydrogens is 365 g/mol. The summed E-state index contributed by atoms with van der Waals surface area (Å²) in [7, 11) is 0. The van der Waals surface area contributed by atoms with Crippen molar-refractivity contribution >= 4 is 23.6 Å². The van der Waals surface area contributed by atoms with Crippen LogP contribution in [-0.2, 0) is 20.7 Å². The molecular formula is C21H18FNO5. The smallest absolute Gasteiger partial charge is 0.308 e. The molecule has 144 valence electrons. The van der Waals surface area contributed by atoms with E-state index in [1.54, 1.807) is 24.3 Å². The van der Waals surface area contributed by atoms with Crippen molar-refractivity contribution in [1.29, 1.82) is 0 Å². The lowest BCUT2D eigenvalue weighted by atomic mass is 9.98. The number of amides is 2. The van der Waals surface area contributed by atoms with Gasteiger partial charge in [0.1, 0.15) is 5.82 Å². The summed E-state index contributed by atoms with van der Waals surface area (Å²) in [4.78, 5) is 49.9. The van der Waals surface area contributed by atoms with Gasteiger partial charge in [0.15, 0.2) is 6.10 Å². The Morgan fingerprint density at radius 2 is 1.79 bits per heavy atom. The summed E-state index contributed by atoms with van der Waals surface area (Å²) in [5.41, 5.74) is 1.32. The van der Waals surface area contributed by atoms with Gasteiger partial charge in [-0.3, -0.25) is 24.1 Å². The van der Waals surface area contributed by atoms with Gasteiger partial charge in [0, 0.05) is 17.7 Å². The molecule has 0 saturated carbocycles. The maximum absolute atomic E-state index is 12.9. The molecule has 2 amide bonds. The van der Waals surface area contributed by atoms with Gasteiger partial charge in [-0.2, -0.15) is 0 Å².